The number of anilines is 1. The summed E-state index contributed by atoms with van der Waals surface area (Å²) in [5, 5.41) is 13.5. The lowest BCUT2D eigenvalue weighted by molar-refractivity contribution is -0.118. The molecule has 0 aromatic carbocycles. The average molecular weight is 371 g/mol. The van der Waals surface area contributed by atoms with Crippen molar-refractivity contribution in [2.45, 2.75) is 49.9 Å². The monoisotopic (exact) mass is 371 g/mol. The molecule has 10 heteroatoms. The van der Waals surface area contributed by atoms with Crippen LogP contribution in [0.2, 0.25) is 0 Å². The summed E-state index contributed by atoms with van der Waals surface area (Å²) in [5.74, 6) is -0.288. The van der Waals surface area contributed by atoms with E-state index in [-0.39, 0.29) is 17.7 Å². The minimum atomic E-state index is -0.492. The van der Waals surface area contributed by atoms with Gasteiger partial charge in [0.25, 0.3) is 0 Å². The second kappa shape index (κ2) is 8.97. The second-order valence-electron chi connectivity index (χ2n) is 5.29. The maximum absolute atomic E-state index is 12.0. The topological polar surface area (TPSA) is 104 Å². The number of hydrogen-bond donors (Lipinski definition) is 2. The Morgan fingerprint density at radius 1 is 1.29 bits per heavy atom. The Labute approximate surface area is 148 Å². The van der Waals surface area contributed by atoms with E-state index in [1.54, 1.807) is 4.90 Å². The maximum Gasteiger partial charge on any atom is 0.321 e. The first-order valence-electron chi connectivity index (χ1n) is 7.91. The zero-order valence-electron chi connectivity index (χ0n) is 13.7. The van der Waals surface area contributed by atoms with E-state index in [0.29, 0.717) is 22.4 Å². The molecule has 0 radical (unpaired) electrons. The molecule has 8 nitrogen and oxygen atoms in total. The van der Waals surface area contributed by atoms with E-state index in [1.807, 2.05) is 13.8 Å². The number of hydrogen-bond acceptors (Lipinski definition) is 7. The SMILES string of the molecule is CCCNC(=O)NC(=O)CSc1nnc(N(C(=O)CC)C2CC2)s1. The first-order chi connectivity index (χ1) is 11.5. The highest BCUT2D eigenvalue weighted by molar-refractivity contribution is 8.01. The molecule has 1 aliphatic carbocycles. The summed E-state index contributed by atoms with van der Waals surface area (Å²) < 4.78 is 0.601. The lowest BCUT2D eigenvalue weighted by atomic mass is 10.4. The minimum absolute atomic E-state index is 0.0375. The summed E-state index contributed by atoms with van der Waals surface area (Å²) in [6, 6.07) is -0.261. The predicted octanol–water partition coefficient (Wildman–Crippen LogP) is 1.77. The first kappa shape index (κ1) is 18.7. The highest BCUT2D eigenvalue weighted by Gasteiger charge is 2.35. The standard InChI is InChI=1S/C14H21N5O3S2/c1-3-7-15-12(22)16-10(20)8-23-14-18-17-13(24-14)19(9-5-6-9)11(21)4-2/h9H,3-8H2,1-2H3,(H2,15,16,20,22). The van der Waals surface area contributed by atoms with Crippen LogP contribution in [0.1, 0.15) is 39.5 Å². The van der Waals surface area contributed by atoms with Crippen LogP contribution in [-0.4, -0.2) is 46.4 Å². The molecule has 1 aliphatic rings. The second-order valence-corrected chi connectivity index (χ2v) is 7.47. The number of carbonyl (C=O) groups is 3. The van der Waals surface area contributed by atoms with Crippen molar-refractivity contribution in [1.82, 2.24) is 20.8 Å². The maximum atomic E-state index is 12.0. The van der Waals surface area contributed by atoms with Gasteiger partial charge in [-0.05, 0) is 19.3 Å². The van der Waals surface area contributed by atoms with E-state index in [1.165, 1.54) is 23.1 Å². The fourth-order valence-corrected chi connectivity index (χ4v) is 3.63. The summed E-state index contributed by atoms with van der Waals surface area (Å²) in [4.78, 5) is 36.8. The molecule has 1 saturated carbocycles. The molecule has 24 heavy (non-hydrogen) atoms. The van der Waals surface area contributed by atoms with Gasteiger partial charge in [-0.25, -0.2) is 4.79 Å². The van der Waals surface area contributed by atoms with Crippen LogP contribution in [-0.2, 0) is 9.59 Å². The molecule has 2 N–H and O–H groups in total. The van der Waals surface area contributed by atoms with Crippen molar-refractivity contribution in [3.8, 4) is 0 Å². The number of rotatable bonds is 8. The fraction of sp³-hybridized carbons (Fsp3) is 0.643. The number of carbonyl (C=O) groups excluding carboxylic acids is 3. The summed E-state index contributed by atoms with van der Waals surface area (Å²) in [6.45, 7) is 4.27. The number of aromatic nitrogens is 2. The molecule has 0 spiro atoms. The molecule has 2 rings (SSSR count). The van der Waals surface area contributed by atoms with Gasteiger partial charge in [-0.1, -0.05) is 36.9 Å². The number of imide groups is 1. The summed E-state index contributed by atoms with van der Waals surface area (Å²) >= 11 is 2.49. The third-order valence-corrected chi connectivity index (χ3v) is 5.26. The van der Waals surface area contributed by atoms with Gasteiger partial charge in [0.1, 0.15) is 0 Å². The third-order valence-electron chi connectivity index (χ3n) is 3.20. The predicted molar refractivity (Wildman–Crippen MR) is 93.3 cm³/mol. The van der Waals surface area contributed by atoms with E-state index in [0.717, 1.165) is 19.3 Å². The molecule has 1 aromatic heterocycles. The number of nitrogens with one attached hydrogen (secondary N) is 2. The molecule has 4 amide bonds. The molecule has 1 fully saturated rings. The molecule has 0 aliphatic heterocycles. The van der Waals surface area contributed by atoms with Gasteiger partial charge in [0.2, 0.25) is 16.9 Å². The van der Waals surface area contributed by atoms with Crippen molar-refractivity contribution >= 4 is 46.1 Å². The van der Waals surface area contributed by atoms with Gasteiger partial charge in [-0.2, -0.15) is 0 Å². The fourth-order valence-electron chi connectivity index (χ4n) is 1.90. The van der Waals surface area contributed by atoms with E-state index in [9.17, 15) is 14.4 Å². The van der Waals surface area contributed by atoms with Crippen molar-refractivity contribution in [2.24, 2.45) is 0 Å². The third kappa shape index (κ3) is 5.45. The number of amides is 4. The van der Waals surface area contributed by atoms with Crippen LogP contribution in [0.3, 0.4) is 0 Å². The van der Waals surface area contributed by atoms with Crippen molar-refractivity contribution < 1.29 is 14.4 Å². The summed E-state index contributed by atoms with van der Waals surface area (Å²) in [6.07, 6.45) is 3.21. The quantitative estimate of drug-likeness (QED) is 0.533. The van der Waals surface area contributed by atoms with Crippen LogP contribution < -0.4 is 15.5 Å². The smallest absolute Gasteiger partial charge is 0.321 e. The Hall–Kier alpha value is -1.68. The summed E-state index contributed by atoms with van der Waals surface area (Å²) in [7, 11) is 0. The highest BCUT2D eigenvalue weighted by atomic mass is 32.2. The van der Waals surface area contributed by atoms with E-state index in [4.69, 9.17) is 0 Å². The molecule has 1 heterocycles. The van der Waals surface area contributed by atoms with Gasteiger partial charge in [0.05, 0.1) is 5.75 Å². The van der Waals surface area contributed by atoms with Gasteiger partial charge in [0, 0.05) is 19.0 Å². The molecule has 0 atom stereocenters. The molecular formula is C14H21N5O3S2. The molecule has 0 unspecified atom stereocenters. The van der Waals surface area contributed by atoms with Crippen molar-refractivity contribution in [1.29, 1.82) is 0 Å². The van der Waals surface area contributed by atoms with Gasteiger partial charge < -0.3 is 5.32 Å². The number of nitrogens with zero attached hydrogens (tertiary/aromatic N) is 3. The molecule has 1 aromatic rings. The van der Waals surface area contributed by atoms with Gasteiger partial charge in [0.15, 0.2) is 4.34 Å². The van der Waals surface area contributed by atoms with Gasteiger partial charge >= 0.3 is 6.03 Å². The van der Waals surface area contributed by atoms with Crippen LogP contribution in [0.25, 0.3) is 0 Å². The molecule has 0 bridgehead atoms. The number of thioether (sulfide) groups is 1. The van der Waals surface area contributed by atoms with Crippen molar-refractivity contribution in [3.05, 3.63) is 0 Å². The van der Waals surface area contributed by atoms with Crippen molar-refractivity contribution in [2.75, 3.05) is 17.2 Å². The lowest BCUT2D eigenvalue weighted by Gasteiger charge is -2.17. The van der Waals surface area contributed by atoms with E-state index >= 15 is 0 Å². The number of urea groups is 1. The molecule has 0 saturated heterocycles. The largest absolute Gasteiger partial charge is 0.338 e. The van der Waals surface area contributed by atoms with Crippen molar-refractivity contribution in [3.63, 3.8) is 0 Å². The lowest BCUT2D eigenvalue weighted by Crippen LogP contribution is -2.40. The Balaban J connectivity index is 1.84. The van der Waals surface area contributed by atoms with Crippen LogP contribution in [0, 0.1) is 0 Å². The van der Waals surface area contributed by atoms with Crippen LogP contribution in [0.4, 0.5) is 9.93 Å². The van der Waals surface area contributed by atoms with Gasteiger partial charge in [-0.15, -0.1) is 10.2 Å². The van der Waals surface area contributed by atoms with Gasteiger partial charge in [-0.3, -0.25) is 19.8 Å². The Morgan fingerprint density at radius 3 is 2.67 bits per heavy atom. The molecule has 132 valence electrons. The van der Waals surface area contributed by atoms with E-state index < -0.39 is 11.9 Å². The van der Waals surface area contributed by atoms with E-state index in [2.05, 4.69) is 20.8 Å². The zero-order chi connectivity index (χ0) is 17.5. The minimum Gasteiger partial charge on any atom is -0.338 e. The molecular weight excluding hydrogens is 350 g/mol. The summed E-state index contributed by atoms with van der Waals surface area (Å²) in [5.41, 5.74) is 0. The average Bonchev–Trinajstić information content (AvgIpc) is 3.28. The van der Waals surface area contributed by atoms with Crippen LogP contribution >= 0.6 is 23.1 Å². The zero-order valence-corrected chi connectivity index (χ0v) is 15.3. The van der Waals surface area contributed by atoms with Crippen LogP contribution in [0.15, 0.2) is 4.34 Å². The normalized spacial score (nSPS) is 13.4. The Morgan fingerprint density at radius 2 is 2.04 bits per heavy atom. The van der Waals surface area contributed by atoms with Crippen LogP contribution in [0.5, 0.6) is 0 Å². The highest BCUT2D eigenvalue weighted by Crippen LogP contribution is 2.36. The Bertz CT molecular complexity index is 603. The first-order valence-corrected chi connectivity index (χ1v) is 9.71. The Kier molecular flexibility index (Phi) is 6.98.